The molecule has 1 saturated heterocycles. The lowest BCUT2D eigenvalue weighted by molar-refractivity contribution is -0.149. The molecule has 31 heavy (non-hydrogen) atoms. The number of halogens is 1. The van der Waals surface area contributed by atoms with Crippen molar-refractivity contribution in [3.8, 4) is 5.75 Å². The van der Waals surface area contributed by atoms with E-state index in [0.717, 1.165) is 17.8 Å². The van der Waals surface area contributed by atoms with Crippen LogP contribution >= 0.6 is 34.7 Å². The van der Waals surface area contributed by atoms with E-state index in [1.54, 1.807) is 66.1 Å². The molecule has 1 atom stereocenters. The third kappa shape index (κ3) is 5.18. The van der Waals surface area contributed by atoms with Crippen LogP contribution in [0.5, 0.6) is 5.75 Å². The molecular formula is C22H26ClN3O3S2. The molecule has 2 heterocycles. The molecule has 0 bridgehead atoms. The molecule has 9 heteroatoms. The van der Waals surface area contributed by atoms with Gasteiger partial charge in [-0.25, -0.2) is 4.98 Å². The van der Waals surface area contributed by atoms with Gasteiger partial charge >= 0.3 is 0 Å². The molecular weight excluding hydrogens is 454 g/mol. The number of fused-ring (bicyclic) bond motifs is 1. The van der Waals surface area contributed by atoms with Crippen LogP contribution < -0.4 is 10.1 Å². The Kier molecular flexibility index (Phi) is 6.79. The fourth-order valence-electron chi connectivity index (χ4n) is 3.81. The van der Waals surface area contributed by atoms with Crippen molar-refractivity contribution in [1.82, 2.24) is 15.2 Å². The number of carbonyl (C=O) groups is 2. The first-order valence-electron chi connectivity index (χ1n) is 10.4. The molecule has 0 saturated carbocycles. The molecule has 0 unspecified atom stereocenters. The number of hydrogen-bond acceptors (Lipinski definition) is 6. The van der Waals surface area contributed by atoms with Gasteiger partial charge in [-0.05, 0) is 63.8 Å². The zero-order valence-electron chi connectivity index (χ0n) is 17.7. The molecule has 1 aromatic heterocycles. The van der Waals surface area contributed by atoms with E-state index in [4.69, 9.17) is 16.3 Å². The third-order valence-corrected chi connectivity index (χ3v) is 7.87. The number of aromatic nitrogens is 1. The van der Waals surface area contributed by atoms with Crippen LogP contribution in [-0.4, -0.2) is 45.0 Å². The second kappa shape index (κ2) is 9.38. The first kappa shape index (κ1) is 22.4. The molecule has 0 radical (unpaired) electrons. The summed E-state index contributed by atoms with van der Waals surface area (Å²) in [6.45, 7) is 3.86. The number of benzene rings is 1. The maximum Gasteiger partial charge on any atom is 0.267 e. The maximum absolute atomic E-state index is 13.2. The van der Waals surface area contributed by atoms with Crippen molar-refractivity contribution < 1.29 is 14.3 Å². The summed E-state index contributed by atoms with van der Waals surface area (Å²) in [5.74, 6) is 1.24. The number of aryl methyl sites for hydroxylation is 2. The topological polar surface area (TPSA) is 71.5 Å². The van der Waals surface area contributed by atoms with E-state index in [2.05, 4.69) is 10.3 Å². The zero-order chi connectivity index (χ0) is 22.0. The highest BCUT2D eigenvalue weighted by Gasteiger charge is 2.42. The van der Waals surface area contributed by atoms with Crippen molar-refractivity contribution >= 4 is 46.5 Å². The lowest BCUT2D eigenvalue weighted by atomic mass is 10.0. The van der Waals surface area contributed by atoms with Crippen molar-refractivity contribution in [2.45, 2.75) is 57.7 Å². The number of carbonyl (C=O) groups excluding carboxylic acids is 2. The fraction of sp³-hybridized carbons (Fsp3) is 0.500. The highest BCUT2D eigenvalue weighted by Crippen LogP contribution is 2.29. The molecule has 1 fully saturated rings. The molecule has 1 aromatic carbocycles. The lowest BCUT2D eigenvalue weighted by Crippen LogP contribution is -2.54. The van der Waals surface area contributed by atoms with Crippen molar-refractivity contribution in [1.29, 1.82) is 0 Å². The third-order valence-electron chi connectivity index (χ3n) is 5.45. The van der Waals surface area contributed by atoms with Crippen LogP contribution in [0.2, 0.25) is 5.02 Å². The van der Waals surface area contributed by atoms with Crippen LogP contribution in [0, 0.1) is 0 Å². The highest BCUT2D eigenvalue weighted by atomic mass is 35.5. The van der Waals surface area contributed by atoms with Crippen LogP contribution in [0.25, 0.3) is 0 Å². The predicted octanol–water partition coefficient (Wildman–Crippen LogP) is 4.05. The number of rotatable bonds is 6. The van der Waals surface area contributed by atoms with Gasteiger partial charge < -0.3 is 15.0 Å². The van der Waals surface area contributed by atoms with Crippen LogP contribution in [0.15, 0.2) is 24.3 Å². The average molecular weight is 480 g/mol. The van der Waals surface area contributed by atoms with Crippen LogP contribution in [0.4, 0.5) is 0 Å². The molecule has 2 amide bonds. The van der Waals surface area contributed by atoms with Gasteiger partial charge in [-0.3, -0.25) is 9.59 Å². The SMILES string of the molecule is CC(C)(Oc1ccc(Cl)cc1)C(=O)N1CSC[C@H]1C(=O)NCc1nc2c(s1)CCCC2. The summed E-state index contributed by atoms with van der Waals surface area (Å²) in [7, 11) is 0. The fourth-order valence-corrected chi connectivity index (χ4v) is 6.18. The van der Waals surface area contributed by atoms with Crippen LogP contribution in [0.3, 0.4) is 0 Å². The maximum atomic E-state index is 13.2. The van der Waals surface area contributed by atoms with Crippen LogP contribution in [0.1, 0.15) is 42.3 Å². The van der Waals surface area contributed by atoms with Crippen molar-refractivity contribution in [2.24, 2.45) is 0 Å². The summed E-state index contributed by atoms with van der Waals surface area (Å²) in [4.78, 5) is 33.8. The normalized spacial score (nSPS) is 18.5. The average Bonchev–Trinajstić information content (AvgIpc) is 3.39. The minimum atomic E-state index is -1.11. The van der Waals surface area contributed by atoms with Gasteiger partial charge in [0.05, 0.1) is 18.1 Å². The number of nitrogens with zero attached hydrogens (tertiary/aromatic N) is 2. The van der Waals surface area contributed by atoms with E-state index in [0.29, 0.717) is 28.9 Å². The highest BCUT2D eigenvalue weighted by molar-refractivity contribution is 7.99. The summed E-state index contributed by atoms with van der Waals surface area (Å²) in [6.07, 6.45) is 4.52. The molecule has 2 aromatic rings. The van der Waals surface area contributed by atoms with E-state index in [1.165, 1.54) is 23.4 Å². The smallest absolute Gasteiger partial charge is 0.267 e. The zero-order valence-corrected chi connectivity index (χ0v) is 20.0. The molecule has 4 rings (SSSR count). The Morgan fingerprint density at radius 1 is 1.26 bits per heavy atom. The summed E-state index contributed by atoms with van der Waals surface area (Å²) in [6, 6.07) is 6.38. The largest absolute Gasteiger partial charge is 0.478 e. The second-order valence-corrected chi connectivity index (χ2v) is 10.9. The summed E-state index contributed by atoms with van der Waals surface area (Å²) < 4.78 is 5.94. The van der Waals surface area contributed by atoms with Gasteiger partial charge in [0.1, 0.15) is 16.8 Å². The molecule has 166 valence electrons. The molecule has 1 aliphatic heterocycles. The predicted molar refractivity (Wildman–Crippen MR) is 125 cm³/mol. The Labute approximate surface area is 195 Å². The number of hydrogen-bond donors (Lipinski definition) is 1. The minimum Gasteiger partial charge on any atom is -0.478 e. The number of nitrogens with one attached hydrogen (secondary N) is 1. The van der Waals surface area contributed by atoms with Gasteiger partial charge in [0.25, 0.3) is 5.91 Å². The minimum absolute atomic E-state index is 0.145. The quantitative estimate of drug-likeness (QED) is 0.676. The van der Waals surface area contributed by atoms with Gasteiger partial charge in [0, 0.05) is 15.7 Å². The number of ether oxygens (including phenoxy) is 1. The number of thioether (sulfide) groups is 1. The van der Waals surface area contributed by atoms with Gasteiger partial charge in [0.2, 0.25) is 5.91 Å². The molecule has 6 nitrogen and oxygen atoms in total. The van der Waals surface area contributed by atoms with Crippen LogP contribution in [-0.2, 0) is 29.0 Å². The molecule has 0 spiro atoms. The van der Waals surface area contributed by atoms with Gasteiger partial charge in [-0.2, -0.15) is 0 Å². The molecule has 1 N–H and O–H groups in total. The van der Waals surface area contributed by atoms with Gasteiger partial charge in [-0.1, -0.05) is 11.6 Å². The Bertz CT molecular complexity index is 938. The monoisotopic (exact) mass is 479 g/mol. The first-order valence-corrected chi connectivity index (χ1v) is 12.8. The molecule has 1 aliphatic carbocycles. The summed E-state index contributed by atoms with van der Waals surface area (Å²) in [5.41, 5.74) is 0.0841. The number of amides is 2. The molecule has 2 aliphatic rings. The lowest BCUT2D eigenvalue weighted by Gasteiger charge is -2.32. The Hall–Kier alpha value is -1.77. The summed E-state index contributed by atoms with van der Waals surface area (Å²) >= 11 is 9.19. The van der Waals surface area contributed by atoms with Crippen molar-refractivity contribution in [2.75, 3.05) is 11.6 Å². The standard InChI is InChI=1S/C22H26ClN3O3S2/c1-22(2,29-15-9-7-14(23)8-10-15)21(28)26-13-30-12-17(26)20(27)24-11-19-25-16-5-3-4-6-18(16)31-19/h7-10,17H,3-6,11-13H2,1-2H3,(H,24,27)/t17-/m0/s1. The second-order valence-electron chi connectivity index (χ2n) is 8.26. The van der Waals surface area contributed by atoms with Crippen molar-refractivity contribution in [3.05, 3.63) is 44.9 Å². The Morgan fingerprint density at radius 2 is 2.00 bits per heavy atom. The first-order chi connectivity index (χ1) is 14.8. The van der Waals surface area contributed by atoms with E-state index in [1.807, 2.05) is 0 Å². The Balaban J connectivity index is 1.37. The van der Waals surface area contributed by atoms with Crippen molar-refractivity contribution in [3.63, 3.8) is 0 Å². The van der Waals surface area contributed by atoms with Gasteiger partial charge in [-0.15, -0.1) is 23.1 Å². The van der Waals surface area contributed by atoms with E-state index < -0.39 is 11.6 Å². The van der Waals surface area contributed by atoms with Gasteiger partial charge in [0.15, 0.2) is 5.60 Å². The summed E-state index contributed by atoms with van der Waals surface area (Å²) in [5, 5.41) is 4.53. The van der Waals surface area contributed by atoms with E-state index >= 15 is 0 Å². The number of thiazole rings is 1. The Morgan fingerprint density at radius 3 is 2.74 bits per heavy atom. The van der Waals surface area contributed by atoms with E-state index in [-0.39, 0.29) is 11.8 Å². The van der Waals surface area contributed by atoms with E-state index in [9.17, 15) is 9.59 Å².